The number of carboxylic acids is 1. The maximum Gasteiger partial charge on any atom is 0.338 e. The summed E-state index contributed by atoms with van der Waals surface area (Å²) < 4.78 is 10.7. The van der Waals surface area contributed by atoms with E-state index in [1.807, 2.05) is 0 Å². The summed E-state index contributed by atoms with van der Waals surface area (Å²) in [5.41, 5.74) is 8.44. The Labute approximate surface area is 102 Å². The van der Waals surface area contributed by atoms with Crippen LogP contribution in [0.15, 0.2) is 29.0 Å². The maximum atomic E-state index is 10.8. The third-order valence-electron chi connectivity index (χ3n) is 2.24. The highest BCUT2D eigenvalue weighted by molar-refractivity contribution is 5.91. The Hall–Kier alpha value is -2.66. The van der Waals surface area contributed by atoms with E-state index in [0.717, 1.165) is 0 Å². The van der Waals surface area contributed by atoms with Crippen LogP contribution >= 0.6 is 0 Å². The van der Waals surface area contributed by atoms with Crippen molar-refractivity contribution in [3.05, 3.63) is 39.9 Å². The summed E-state index contributed by atoms with van der Waals surface area (Å²) in [5.74, 6) is -0.137. The molecule has 0 amide bonds. The van der Waals surface area contributed by atoms with Gasteiger partial charge in [-0.15, -0.1) is 0 Å². The zero-order valence-corrected chi connectivity index (χ0v) is 9.24. The molecule has 1 N–H and O–H groups in total. The molecular weight excluding hydrogens is 238 g/mol. The molecule has 1 aromatic carbocycles. The molecule has 0 saturated heterocycles. The van der Waals surface area contributed by atoms with Gasteiger partial charge in [-0.1, -0.05) is 11.2 Å². The van der Waals surface area contributed by atoms with Gasteiger partial charge in [0, 0.05) is 4.91 Å². The van der Waals surface area contributed by atoms with E-state index < -0.39 is 5.97 Å². The lowest BCUT2D eigenvalue weighted by atomic mass is 10.1. The molecule has 0 radical (unpaired) electrons. The second-order valence-corrected chi connectivity index (χ2v) is 3.43. The van der Waals surface area contributed by atoms with Crippen molar-refractivity contribution >= 4 is 12.0 Å². The predicted molar refractivity (Wildman–Crippen MR) is 62.2 cm³/mol. The van der Waals surface area contributed by atoms with Crippen LogP contribution in [0.4, 0.5) is 0 Å². The molecule has 1 heterocycles. The molecule has 0 atom stereocenters. The first kappa shape index (κ1) is 11.8. The first-order chi connectivity index (χ1) is 8.70. The number of aliphatic carboxylic acids is 1. The number of carbonyl (C=O) groups is 1. The van der Waals surface area contributed by atoms with Gasteiger partial charge in [0.2, 0.25) is 0 Å². The third-order valence-corrected chi connectivity index (χ3v) is 2.24. The third kappa shape index (κ3) is 2.53. The number of carboxylic acid groups (broad SMARTS) is 1. The Morgan fingerprint density at radius 2 is 2.11 bits per heavy atom. The molecule has 1 aromatic rings. The SMILES string of the molecule is [N-]=[N+]=NC(=Cc1ccc2c(c1)OCCO2)C(=O)O. The summed E-state index contributed by atoms with van der Waals surface area (Å²) in [6, 6.07) is 4.96. The minimum Gasteiger partial charge on any atom is -0.486 e. The van der Waals surface area contributed by atoms with Gasteiger partial charge in [-0.25, -0.2) is 4.79 Å². The molecule has 1 aliphatic rings. The Bertz CT molecular complexity index is 557. The average Bonchev–Trinajstić information content (AvgIpc) is 2.38. The van der Waals surface area contributed by atoms with Gasteiger partial charge in [-0.3, -0.25) is 0 Å². The number of benzene rings is 1. The molecule has 0 aromatic heterocycles. The van der Waals surface area contributed by atoms with Gasteiger partial charge in [0.1, 0.15) is 18.9 Å². The van der Waals surface area contributed by atoms with E-state index in [1.54, 1.807) is 18.2 Å². The second-order valence-electron chi connectivity index (χ2n) is 3.43. The Morgan fingerprint density at radius 3 is 2.78 bits per heavy atom. The van der Waals surface area contributed by atoms with Crippen molar-refractivity contribution in [2.45, 2.75) is 0 Å². The molecular formula is C11H9N3O4. The summed E-state index contributed by atoms with van der Waals surface area (Å²) in [4.78, 5) is 13.3. The number of hydrogen-bond donors (Lipinski definition) is 1. The lowest BCUT2D eigenvalue weighted by Gasteiger charge is -2.18. The number of ether oxygens (including phenoxy) is 2. The summed E-state index contributed by atoms with van der Waals surface area (Å²) >= 11 is 0. The van der Waals surface area contributed by atoms with Crippen LogP contribution in [0, 0.1) is 0 Å². The highest BCUT2D eigenvalue weighted by Crippen LogP contribution is 2.31. The van der Waals surface area contributed by atoms with Gasteiger partial charge < -0.3 is 14.6 Å². The van der Waals surface area contributed by atoms with Crippen molar-refractivity contribution in [3.63, 3.8) is 0 Å². The number of hydrogen-bond acceptors (Lipinski definition) is 4. The molecule has 7 heteroatoms. The molecule has 0 unspecified atom stereocenters. The fourth-order valence-corrected chi connectivity index (χ4v) is 1.49. The van der Waals surface area contributed by atoms with Crippen molar-refractivity contribution < 1.29 is 19.4 Å². The lowest BCUT2D eigenvalue weighted by Crippen LogP contribution is -2.15. The lowest BCUT2D eigenvalue weighted by molar-refractivity contribution is -0.132. The Balaban J connectivity index is 2.36. The smallest absolute Gasteiger partial charge is 0.338 e. The van der Waals surface area contributed by atoms with Gasteiger partial charge >= 0.3 is 5.97 Å². The average molecular weight is 247 g/mol. The maximum absolute atomic E-state index is 10.8. The van der Waals surface area contributed by atoms with Crippen LogP contribution < -0.4 is 9.47 Å². The van der Waals surface area contributed by atoms with Crippen molar-refractivity contribution in [1.82, 2.24) is 0 Å². The Kier molecular flexibility index (Phi) is 3.36. The van der Waals surface area contributed by atoms with E-state index in [0.29, 0.717) is 30.3 Å². The molecule has 0 saturated carbocycles. The topological polar surface area (TPSA) is 105 Å². The number of azide groups is 1. The standard InChI is InChI=1S/C11H9N3O4/c12-14-13-8(11(15)16)5-7-1-2-9-10(6-7)18-4-3-17-9/h1-2,5-6H,3-4H2,(H,15,16). The van der Waals surface area contributed by atoms with Gasteiger partial charge in [0.05, 0.1) is 0 Å². The molecule has 7 nitrogen and oxygen atoms in total. The summed E-state index contributed by atoms with van der Waals surface area (Å²) in [7, 11) is 0. The molecule has 0 spiro atoms. The van der Waals surface area contributed by atoms with Crippen LogP contribution in [0.25, 0.3) is 16.5 Å². The molecule has 92 valence electrons. The van der Waals surface area contributed by atoms with Crippen LogP contribution in [0.2, 0.25) is 0 Å². The van der Waals surface area contributed by atoms with Gasteiger partial charge in [0.25, 0.3) is 0 Å². The first-order valence-corrected chi connectivity index (χ1v) is 5.10. The molecule has 0 bridgehead atoms. The van der Waals surface area contributed by atoms with E-state index in [4.69, 9.17) is 20.1 Å². The molecule has 18 heavy (non-hydrogen) atoms. The molecule has 1 aliphatic heterocycles. The largest absolute Gasteiger partial charge is 0.486 e. The molecule has 0 aliphatic carbocycles. The highest BCUT2D eigenvalue weighted by atomic mass is 16.6. The second kappa shape index (κ2) is 5.11. The zero-order valence-electron chi connectivity index (χ0n) is 9.24. The number of fused-ring (bicyclic) bond motifs is 1. The van der Waals surface area contributed by atoms with Crippen molar-refractivity contribution in [2.24, 2.45) is 5.11 Å². The monoisotopic (exact) mass is 247 g/mol. The van der Waals surface area contributed by atoms with Crippen LogP contribution in [0.1, 0.15) is 5.56 Å². The number of rotatable bonds is 3. The van der Waals surface area contributed by atoms with Gasteiger partial charge in [-0.2, -0.15) is 0 Å². The van der Waals surface area contributed by atoms with Crippen molar-refractivity contribution in [2.75, 3.05) is 13.2 Å². The summed E-state index contributed by atoms with van der Waals surface area (Å²) in [5, 5.41) is 11.9. The quantitative estimate of drug-likeness (QED) is 0.382. The highest BCUT2D eigenvalue weighted by Gasteiger charge is 2.12. The molecule has 2 rings (SSSR count). The number of nitrogens with zero attached hydrogens (tertiary/aromatic N) is 3. The van der Waals surface area contributed by atoms with E-state index in [-0.39, 0.29) is 5.70 Å². The van der Waals surface area contributed by atoms with Crippen LogP contribution in [0.3, 0.4) is 0 Å². The van der Waals surface area contributed by atoms with E-state index in [9.17, 15) is 4.79 Å². The van der Waals surface area contributed by atoms with Crippen LogP contribution in [-0.2, 0) is 4.79 Å². The van der Waals surface area contributed by atoms with E-state index in [2.05, 4.69) is 10.0 Å². The predicted octanol–water partition coefficient (Wildman–Crippen LogP) is 2.19. The van der Waals surface area contributed by atoms with Crippen LogP contribution in [0.5, 0.6) is 11.5 Å². The molecule has 0 fully saturated rings. The van der Waals surface area contributed by atoms with E-state index in [1.165, 1.54) is 6.08 Å². The van der Waals surface area contributed by atoms with Crippen molar-refractivity contribution in [1.29, 1.82) is 0 Å². The fourth-order valence-electron chi connectivity index (χ4n) is 1.49. The van der Waals surface area contributed by atoms with Crippen molar-refractivity contribution in [3.8, 4) is 11.5 Å². The van der Waals surface area contributed by atoms with Gasteiger partial charge in [-0.05, 0) is 29.3 Å². The van der Waals surface area contributed by atoms with E-state index >= 15 is 0 Å². The normalized spacial score (nSPS) is 13.7. The fraction of sp³-hybridized carbons (Fsp3) is 0.182. The summed E-state index contributed by atoms with van der Waals surface area (Å²) in [6.45, 7) is 0.934. The zero-order chi connectivity index (χ0) is 13.0. The van der Waals surface area contributed by atoms with Gasteiger partial charge in [0.15, 0.2) is 11.5 Å². The minimum atomic E-state index is -1.29. The minimum absolute atomic E-state index is 0.380. The summed E-state index contributed by atoms with van der Waals surface area (Å²) in [6.07, 6.45) is 1.26. The Morgan fingerprint density at radius 1 is 1.39 bits per heavy atom. The first-order valence-electron chi connectivity index (χ1n) is 5.10. The van der Waals surface area contributed by atoms with Crippen LogP contribution in [-0.4, -0.2) is 24.3 Å².